The molecule has 1 amide bonds. The van der Waals surface area contributed by atoms with Gasteiger partial charge in [0.1, 0.15) is 11.6 Å². The van der Waals surface area contributed by atoms with Gasteiger partial charge >= 0.3 is 0 Å². The number of hydrogen-bond donors (Lipinski definition) is 2. The fraction of sp³-hybridized carbons (Fsp3) is 0.250. The van der Waals surface area contributed by atoms with E-state index in [1.54, 1.807) is 12.1 Å². The number of benzene rings is 2. The molecule has 5 nitrogen and oxygen atoms in total. The highest BCUT2D eigenvalue weighted by molar-refractivity contribution is 6.35. The second-order valence-electron chi connectivity index (χ2n) is 7.91. The van der Waals surface area contributed by atoms with Gasteiger partial charge in [-0.3, -0.25) is 4.79 Å². The van der Waals surface area contributed by atoms with Crippen LogP contribution in [0.2, 0.25) is 10.0 Å². The largest absolute Gasteiger partial charge is 0.507 e. The average molecular weight is 456 g/mol. The second-order valence-corrected chi connectivity index (χ2v) is 8.78. The van der Waals surface area contributed by atoms with Crippen molar-refractivity contribution in [1.29, 1.82) is 0 Å². The highest BCUT2D eigenvalue weighted by atomic mass is 35.5. The van der Waals surface area contributed by atoms with Crippen LogP contribution in [0, 0.1) is 6.92 Å². The topological polar surface area (TPSA) is 65.5 Å². The number of halogens is 2. The zero-order valence-electron chi connectivity index (χ0n) is 17.3. The van der Waals surface area contributed by atoms with Crippen molar-refractivity contribution in [2.75, 3.05) is 18.0 Å². The summed E-state index contributed by atoms with van der Waals surface area (Å²) in [5, 5.41) is 14.6. The summed E-state index contributed by atoms with van der Waals surface area (Å²) in [6.07, 6.45) is 0.847. The smallest absolute Gasteiger partial charge is 0.217 e. The molecule has 2 heterocycles. The average Bonchev–Trinajstić information content (AvgIpc) is 3.16. The number of aryl methyl sites for hydroxylation is 1. The van der Waals surface area contributed by atoms with Crippen molar-refractivity contribution < 1.29 is 9.90 Å². The molecular weight excluding hydrogens is 433 g/mol. The number of carbonyl (C=O) groups excluding carboxylic acids is 1. The third-order valence-electron chi connectivity index (χ3n) is 5.36. The van der Waals surface area contributed by atoms with Crippen LogP contribution in [0.15, 0.2) is 48.5 Å². The van der Waals surface area contributed by atoms with Gasteiger partial charge in [-0.25, -0.2) is 4.98 Å². The van der Waals surface area contributed by atoms with Crippen LogP contribution in [-0.4, -0.2) is 35.1 Å². The Morgan fingerprint density at radius 3 is 2.52 bits per heavy atom. The lowest BCUT2D eigenvalue weighted by atomic mass is 10.0. The number of nitrogens with one attached hydrogen (secondary N) is 1. The van der Waals surface area contributed by atoms with E-state index in [0.717, 1.165) is 35.5 Å². The fourth-order valence-electron chi connectivity index (χ4n) is 3.93. The van der Waals surface area contributed by atoms with Crippen LogP contribution in [0.4, 0.5) is 5.82 Å². The Labute approximate surface area is 191 Å². The molecule has 31 heavy (non-hydrogen) atoms. The normalized spacial score (nSPS) is 15.9. The molecule has 1 saturated heterocycles. The number of amides is 1. The van der Waals surface area contributed by atoms with Gasteiger partial charge in [-0.05, 0) is 66.9 Å². The van der Waals surface area contributed by atoms with E-state index in [9.17, 15) is 9.90 Å². The summed E-state index contributed by atoms with van der Waals surface area (Å²) >= 11 is 12.5. The molecule has 1 unspecified atom stereocenters. The standard InChI is InChI=1S/C24H23Cl2N3O2/c1-14-3-4-23(31)21(7-14)22-10-17(16-8-18(25)12-19(26)9-16)11-24(28-22)29-6-5-20(13-29)27-15(2)30/h3-4,7-12,20,31H,5-6,13H2,1-2H3,(H,27,30). The fourth-order valence-corrected chi connectivity index (χ4v) is 4.46. The molecule has 0 radical (unpaired) electrons. The summed E-state index contributed by atoms with van der Waals surface area (Å²) in [4.78, 5) is 18.5. The number of rotatable bonds is 4. The summed E-state index contributed by atoms with van der Waals surface area (Å²) in [6, 6.07) is 14.9. The highest BCUT2D eigenvalue weighted by Crippen LogP contribution is 2.36. The molecule has 0 aliphatic carbocycles. The van der Waals surface area contributed by atoms with Crippen LogP contribution < -0.4 is 10.2 Å². The number of anilines is 1. The van der Waals surface area contributed by atoms with E-state index < -0.39 is 0 Å². The number of carbonyl (C=O) groups is 1. The van der Waals surface area contributed by atoms with Gasteiger partial charge in [0.05, 0.1) is 5.69 Å². The van der Waals surface area contributed by atoms with Crippen molar-refractivity contribution in [3.8, 4) is 28.1 Å². The molecule has 0 saturated carbocycles. The summed E-state index contributed by atoms with van der Waals surface area (Å²) in [6.45, 7) is 4.95. The summed E-state index contributed by atoms with van der Waals surface area (Å²) in [5.74, 6) is 0.910. The van der Waals surface area contributed by atoms with Gasteiger partial charge in [-0.15, -0.1) is 0 Å². The van der Waals surface area contributed by atoms with E-state index in [0.29, 0.717) is 27.8 Å². The van der Waals surface area contributed by atoms with Crippen molar-refractivity contribution >= 4 is 34.9 Å². The molecule has 0 bridgehead atoms. The Morgan fingerprint density at radius 1 is 1.10 bits per heavy atom. The molecular formula is C24H23Cl2N3O2. The SMILES string of the molecule is CC(=O)NC1CCN(c2cc(-c3cc(Cl)cc(Cl)c3)cc(-c3cc(C)ccc3O)n2)C1. The van der Waals surface area contributed by atoms with Crippen LogP contribution in [-0.2, 0) is 4.79 Å². The van der Waals surface area contributed by atoms with Gasteiger partial charge < -0.3 is 15.3 Å². The molecule has 1 aliphatic rings. The summed E-state index contributed by atoms with van der Waals surface area (Å²) in [5.41, 5.74) is 4.11. The lowest BCUT2D eigenvalue weighted by Crippen LogP contribution is -2.35. The van der Waals surface area contributed by atoms with E-state index in [1.807, 2.05) is 43.3 Å². The lowest BCUT2D eigenvalue weighted by molar-refractivity contribution is -0.119. The van der Waals surface area contributed by atoms with Gasteiger partial charge in [0.25, 0.3) is 0 Å². The Bertz CT molecular complexity index is 1130. The maximum atomic E-state index is 11.5. The van der Waals surface area contributed by atoms with Crippen LogP contribution in [0.25, 0.3) is 22.4 Å². The molecule has 4 rings (SSSR count). The molecule has 1 fully saturated rings. The van der Waals surface area contributed by atoms with Crippen molar-refractivity contribution in [3.05, 3.63) is 64.1 Å². The minimum absolute atomic E-state index is 0.0347. The Balaban J connectivity index is 1.81. The molecule has 1 aromatic heterocycles. The molecule has 1 aliphatic heterocycles. The lowest BCUT2D eigenvalue weighted by Gasteiger charge is -2.20. The number of phenols is 1. The quantitative estimate of drug-likeness (QED) is 0.548. The molecule has 3 aromatic rings. The first-order valence-electron chi connectivity index (χ1n) is 10.1. The maximum absolute atomic E-state index is 11.5. The van der Waals surface area contributed by atoms with Gasteiger partial charge in [0.15, 0.2) is 0 Å². The van der Waals surface area contributed by atoms with Gasteiger partial charge in [-0.1, -0.05) is 34.8 Å². The molecule has 2 aromatic carbocycles. The van der Waals surface area contributed by atoms with Crippen molar-refractivity contribution in [2.45, 2.75) is 26.3 Å². The zero-order valence-corrected chi connectivity index (χ0v) is 18.8. The van der Waals surface area contributed by atoms with Crippen molar-refractivity contribution in [1.82, 2.24) is 10.3 Å². The number of nitrogens with zero attached hydrogens (tertiary/aromatic N) is 2. The second kappa shape index (κ2) is 8.77. The predicted molar refractivity (Wildman–Crippen MR) is 126 cm³/mol. The van der Waals surface area contributed by atoms with Crippen molar-refractivity contribution in [2.24, 2.45) is 0 Å². The number of pyridine rings is 1. The molecule has 7 heteroatoms. The summed E-state index contributed by atoms with van der Waals surface area (Å²) < 4.78 is 0. The van der Waals surface area contributed by atoms with Gasteiger partial charge in [-0.2, -0.15) is 0 Å². The third kappa shape index (κ3) is 4.94. The number of phenolic OH excluding ortho intramolecular Hbond substituents is 1. The van der Waals surface area contributed by atoms with Crippen molar-refractivity contribution in [3.63, 3.8) is 0 Å². The van der Waals surface area contributed by atoms with E-state index in [2.05, 4.69) is 10.2 Å². The number of aromatic nitrogens is 1. The minimum atomic E-state index is -0.0347. The van der Waals surface area contributed by atoms with Crippen LogP contribution in [0.3, 0.4) is 0 Å². The molecule has 1 atom stereocenters. The van der Waals surface area contributed by atoms with Crippen LogP contribution in [0.5, 0.6) is 5.75 Å². The zero-order chi connectivity index (χ0) is 22.1. The van der Waals surface area contributed by atoms with Crippen LogP contribution >= 0.6 is 23.2 Å². The minimum Gasteiger partial charge on any atom is -0.507 e. The van der Waals surface area contributed by atoms with Crippen LogP contribution in [0.1, 0.15) is 18.9 Å². The van der Waals surface area contributed by atoms with Gasteiger partial charge in [0, 0.05) is 41.7 Å². The molecule has 2 N–H and O–H groups in total. The first kappa shape index (κ1) is 21.5. The third-order valence-corrected chi connectivity index (χ3v) is 5.79. The van der Waals surface area contributed by atoms with Gasteiger partial charge in [0.2, 0.25) is 5.91 Å². The van der Waals surface area contributed by atoms with E-state index in [-0.39, 0.29) is 17.7 Å². The Hall–Kier alpha value is -2.76. The Morgan fingerprint density at radius 2 is 1.81 bits per heavy atom. The van der Waals surface area contributed by atoms with E-state index in [4.69, 9.17) is 28.2 Å². The highest BCUT2D eigenvalue weighted by Gasteiger charge is 2.25. The van der Waals surface area contributed by atoms with E-state index in [1.165, 1.54) is 6.92 Å². The molecule has 160 valence electrons. The van der Waals surface area contributed by atoms with E-state index >= 15 is 0 Å². The maximum Gasteiger partial charge on any atom is 0.217 e. The predicted octanol–water partition coefficient (Wildman–Crippen LogP) is 5.45. The number of hydrogen-bond acceptors (Lipinski definition) is 4. The monoisotopic (exact) mass is 455 g/mol. The molecule has 0 spiro atoms. The Kier molecular flexibility index (Phi) is 6.08. The first-order valence-corrected chi connectivity index (χ1v) is 10.8. The summed E-state index contributed by atoms with van der Waals surface area (Å²) in [7, 11) is 0. The first-order chi connectivity index (χ1) is 14.8. The number of aromatic hydroxyl groups is 1.